The number of hydrogen-bond acceptors (Lipinski definition) is 6. The van der Waals surface area contributed by atoms with Gasteiger partial charge in [0.1, 0.15) is 17.0 Å². The number of hydrogen-bond donors (Lipinski definition) is 1. The molecule has 26 heavy (non-hydrogen) atoms. The number of carbonyl (C=O) groups is 1. The maximum atomic E-state index is 12.0. The normalized spacial score (nSPS) is 11.3. The van der Waals surface area contributed by atoms with Gasteiger partial charge in [-0.3, -0.25) is 0 Å². The molecule has 8 nitrogen and oxygen atoms in total. The molecule has 1 aromatic heterocycles. The van der Waals surface area contributed by atoms with Crippen molar-refractivity contribution in [2.75, 3.05) is 0 Å². The van der Waals surface area contributed by atoms with Crippen molar-refractivity contribution < 1.29 is 24.2 Å². The molecule has 0 aliphatic rings. The third-order valence-electron chi connectivity index (χ3n) is 3.46. The third-order valence-corrected chi connectivity index (χ3v) is 3.69. The summed E-state index contributed by atoms with van der Waals surface area (Å²) < 4.78 is 10.9. The summed E-state index contributed by atoms with van der Waals surface area (Å²) in [5.74, 6) is -0.362. The first-order chi connectivity index (χ1) is 12.2. The maximum Gasteiger partial charge on any atom is 0.386 e. The second kappa shape index (κ2) is 6.64. The molecule has 3 rings (SSSR count). The van der Waals surface area contributed by atoms with Crippen LogP contribution in [0.15, 0.2) is 42.5 Å². The number of ether oxygens (including phenoxy) is 2. The van der Waals surface area contributed by atoms with E-state index >= 15 is 0 Å². The molecule has 1 N–H and O–H groups in total. The summed E-state index contributed by atoms with van der Waals surface area (Å²) in [5, 5.41) is 25.1. The Morgan fingerprint density at radius 1 is 1.19 bits per heavy atom. The number of nitrogens with zero attached hydrogens (tertiary/aromatic N) is 3. The van der Waals surface area contributed by atoms with Crippen LogP contribution in [0.5, 0.6) is 17.5 Å². The zero-order valence-corrected chi connectivity index (χ0v) is 14.6. The van der Waals surface area contributed by atoms with Gasteiger partial charge in [-0.2, -0.15) is 4.98 Å². The van der Waals surface area contributed by atoms with Crippen molar-refractivity contribution in [1.29, 1.82) is 0 Å². The van der Waals surface area contributed by atoms with E-state index in [1.54, 1.807) is 36.4 Å². The lowest BCUT2D eigenvalue weighted by molar-refractivity contribution is -0.643. The molecule has 134 valence electrons. The molecule has 0 radical (unpaired) electrons. The van der Waals surface area contributed by atoms with Crippen molar-refractivity contribution >= 4 is 28.6 Å². The van der Waals surface area contributed by atoms with Crippen LogP contribution in [0.4, 0.5) is 0 Å². The van der Waals surface area contributed by atoms with Gasteiger partial charge in [0, 0.05) is 11.1 Å². The molecule has 0 fully saturated rings. The van der Waals surface area contributed by atoms with Crippen LogP contribution in [-0.2, 0) is 4.79 Å². The number of fused-ring (bicyclic) bond motifs is 1. The smallest absolute Gasteiger partial charge is 0.386 e. The fourth-order valence-corrected chi connectivity index (χ4v) is 2.23. The number of aromatic nitrogens is 3. The van der Waals surface area contributed by atoms with E-state index in [-0.39, 0.29) is 11.5 Å². The predicted octanol–water partition coefficient (Wildman–Crippen LogP) is 2.95. The van der Waals surface area contributed by atoms with E-state index in [0.29, 0.717) is 26.9 Å². The highest BCUT2D eigenvalue weighted by Crippen LogP contribution is 2.25. The van der Waals surface area contributed by atoms with Crippen molar-refractivity contribution in [2.24, 2.45) is 0 Å². The predicted molar refractivity (Wildman–Crippen MR) is 92.4 cm³/mol. The van der Waals surface area contributed by atoms with E-state index in [0.717, 1.165) is 0 Å². The summed E-state index contributed by atoms with van der Waals surface area (Å²) in [6, 6.07) is 10.7. The van der Waals surface area contributed by atoms with Crippen LogP contribution < -0.4 is 14.3 Å². The van der Waals surface area contributed by atoms with Gasteiger partial charge in [-0.25, -0.2) is 4.79 Å². The third kappa shape index (κ3) is 3.75. The van der Waals surface area contributed by atoms with Crippen LogP contribution in [0.3, 0.4) is 0 Å². The average Bonchev–Trinajstić information content (AvgIpc) is 2.57. The molecular weight excluding hydrogens is 362 g/mol. The van der Waals surface area contributed by atoms with E-state index in [1.165, 1.54) is 19.9 Å². The summed E-state index contributed by atoms with van der Waals surface area (Å²) in [6.07, 6.45) is 0. The monoisotopic (exact) mass is 375 g/mol. The standard InChI is InChI=1S/C17H14ClN3O5/c1-17(2,15(22)23)26-12-6-4-11(5-7-12)25-16-19-13-8-3-10(18)9-14(13)21(24)20-16/h3-9H,1-2H3,(H,22,23). The largest absolute Gasteiger partial charge is 0.594 e. The molecule has 9 heteroatoms. The van der Waals surface area contributed by atoms with Crippen molar-refractivity contribution in [3.8, 4) is 17.5 Å². The first-order valence-electron chi connectivity index (χ1n) is 7.52. The van der Waals surface area contributed by atoms with Crippen LogP contribution >= 0.6 is 11.6 Å². The minimum Gasteiger partial charge on any atom is -0.594 e. The van der Waals surface area contributed by atoms with Gasteiger partial charge in [0.05, 0.1) is 5.10 Å². The Kier molecular flexibility index (Phi) is 4.52. The van der Waals surface area contributed by atoms with E-state index in [9.17, 15) is 10.0 Å². The van der Waals surface area contributed by atoms with Gasteiger partial charge in [-0.15, -0.1) is 0 Å². The van der Waals surface area contributed by atoms with Gasteiger partial charge in [-0.05, 0) is 55.1 Å². The summed E-state index contributed by atoms with van der Waals surface area (Å²) in [4.78, 5) is 15.6. The fourth-order valence-electron chi connectivity index (χ4n) is 2.06. The number of rotatable bonds is 5. The SMILES string of the molecule is CC(C)(Oc1ccc(Oc2nc3ccc(Cl)cc3[n+]([O-])n2)cc1)C(=O)O. The minimum absolute atomic E-state index is 0.130. The van der Waals surface area contributed by atoms with Crippen LogP contribution in [0.1, 0.15) is 13.8 Å². The Balaban J connectivity index is 1.80. The Morgan fingerprint density at radius 2 is 1.85 bits per heavy atom. The second-order valence-corrected chi connectivity index (χ2v) is 6.33. The molecule has 0 spiro atoms. The quantitative estimate of drug-likeness (QED) is 0.539. The van der Waals surface area contributed by atoms with Crippen LogP contribution in [0.25, 0.3) is 11.0 Å². The fraction of sp³-hybridized carbons (Fsp3) is 0.176. The molecule has 0 saturated heterocycles. The second-order valence-electron chi connectivity index (χ2n) is 5.89. The highest BCUT2D eigenvalue weighted by atomic mass is 35.5. The van der Waals surface area contributed by atoms with Gasteiger partial charge in [0.25, 0.3) is 5.52 Å². The van der Waals surface area contributed by atoms with Crippen LogP contribution in [0.2, 0.25) is 5.02 Å². The Bertz CT molecular complexity index is 976. The molecule has 0 aliphatic heterocycles. The van der Waals surface area contributed by atoms with Gasteiger partial charge >= 0.3 is 12.0 Å². The molecule has 0 saturated carbocycles. The molecule has 0 amide bonds. The van der Waals surface area contributed by atoms with E-state index in [1.807, 2.05) is 0 Å². The summed E-state index contributed by atoms with van der Waals surface area (Å²) in [6.45, 7) is 2.89. The number of benzene rings is 2. The van der Waals surface area contributed by atoms with Gasteiger partial charge in [-0.1, -0.05) is 11.6 Å². The van der Waals surface area contributed by atoms with Crippen molar-refractivity contribution in [1.82, 2.24) is 10.1 Å². The Morgan fingerprint density at radius 3 is 2.50 bits per heavy atom. The summed E-state index contributed by atoms with van der Waals surface area (Å²) in [5.41, 5.74) is -0.749. The lowest BCUT2D eigenvalue weighted by Gasteiger charge is -2.21. The Labute approximate surface area is 153 Å². The molecule has 2 aromatic carbocycles. The summed E-state index contributed by atoms with van der Waals surface area (Å²) >= 11 is 5.85. The number of carboxylic acid groups (broad SMARTS) is 1. The van der Waals surface area contributed by atoms with E-state index in [4.69, 9.17) is 26.2 Å². The van der Waals surface area contributed by atoms with Crippen molar-refractivity contribution in [3.63, 3.8) is 0 Å². The first kappa shape index (κ1) is 17.7. The zero-order chi connectivity index (χ0) is 18.9. The maximum absolute atomic E-state index is 12.0. The van der Waals surface area contributed by atoms with E-state index < -0.39 is 11.6 Å². The first-order valence-corrected chi connectivity index (χ1v) is 7.90. The molecule has 0 unspecified atom stereocenters. The molecular formula is C17H14ClN3O5. The molecule has 0 aliphatic carbocycles. The van der Waals surface area contributed by atoms with E-state index in [2.05, 4.69) is 10.1 Å². The van der Waals surface area contributed by atoms with Crippen LogP contribution in [0, 0.1) is 5.21 Å². The molecule has 0 atom stereocenters. The van der Waals surface area contributed by atoms with Gasteiger partial charge in [0.2, 0.25) is 0 Å². The number of halogens is 1. The van der Waals surface area contributed by atoms with Crippen molar-refractivity contribution in [2.45, 2.75) is 19.4 Å². The van der Waals surface area contributed by atoms with Gasteiger partial charge in [0.15, 0.2) is 5.60 Å². The number of aliphatic carboxylic acids is 1. The topological polar surface area (TPSA) is 108 Å². The minimum atomic E-state index is -1.36. The lowest BCUT2D eigenvalue weighted by Crippen LogP contribution is -2.37. The lowest BCUT2D eigenvalue weighted by atomic mass is 10.1. The summed E-state index contributed by atoms with van der Waals surface area (Å²) in [7, 11) is 0. The van der Waals surface area contributed by atoms with Crippen molar-refractivity contribution in [3.05, 3.63) is 52.7 Å². The van der Waals surface area contributed by atoms with Gasteiger partial charge < -0.3 is 19.8 Å². The molecule has 3 aromatic rings. The Hall–Kier alpha value is -3.13. The van der Waals surface area contributed by atoms with Crippen LogP contribution in [-0.4, -0.2) is 26.8 Å². The molecule has 0 bridgehead atoms. The highest BCUT2D eigenvalue weighted by molar-refractivity contribution is 6.31. The average molecular weight is 376 g/mol. The number of carboxylic acids is 1. The molecule has 1 heterocycles. The highest BCUT2D eigenvalue weighted by Gasteiger charge is 2.29. The zero-order valence-electron chi connectivity index (χ0n) is 13.8.